The molecule has 0 amide bonds. The van der Waals surface area contributed by atoms with Gasteiger partial charge in [0.2, 0.25) is 0 Å². The van der Waals surface area contributed by atoms with Gasteiger partial charge in [-0.3, -0.25) is 0 Å². The molecule has 6 heteroatoms. The van der Waals surface area contributed by atoms with Crippen LogP contribution in [0.5, 0.6) is 11.5 Å². The van der Waals surface area contributed by atoms with Crippen LogP contribution >= 0.6 is 15.9 Å². The van der Waals surface area contributed by atoms with Crippen LogP contribution in [-0.4, -0.2) is 5.11 Å². The minimum Gasteiger partial charge on any atom is -0.457 e. The van der Waals surface area contributed by atoms with Crippen molar-refractivity contribution >= 4 is 15.9 Å². The van der Waals surface area contributed by atoms with Crippen LogP contribution < -0.4 is 4.74 Å². The number of benzene rings is 2. The van der Waals surface area contributed by atoms with E-state index in [0.717, 1.165) is 16.6 Å². The van der Waals surface area contributed by atoms with Gasteiger partial charge in [-0.05, 0) is 42.5 Å². The zero-order valence-corrected chi connectivity index (χ0v) is 11.6. The van der Waals surface area contributed by atoms with Crippen molar-refractivity contribution in [1.29, 1.82) is 0 Å². The maximum absolute atomic E-state index is 12.4. The second-order valence-electron chi connectivity index (χ2n) is 3.95. The largest absolute Gasteiger partial charge is 0.457 e. The van der Waals surface area contributed by atoms with E-state index in [4.69, 9.17) is 4.74 Å². The average molecular weight is 346 g/mol. The number of ether oxygens (including phenoxy) is 1. The van der Waals surface area contributed by atoms with Crippen molar-refractivity contribution in [3.63, 3.8) is 0 Å². The lowest BCUT2D eigenvalue weighted by Crippen LogP contribution is -2.04. The molecule has 2 aromatic rings. The summed E-state index contributed by atoms with van der Waals surface area (Å²) in [5.74, 6) is 0.596. The molecular weight excluding hydrogens is 337 g/mol. The van der Waals surface area contributed by atoms with E-state index >= 15 is 0 Å². The Morgan fingerprint density at radius 1 is 1.20 bits per heavy atom. The molecule has 0 fully saturated rings. The lowest BCUT2D eigenvalue weighted by atomic mass is 10.2. The first-order valence-electron chi connectivity index (χ1n) is 5.56. The highest BCUT2D eigenvalue weighted by Gasteiger charge is 2.30. The summed E-state index contributed by atoms with van der Waals surface area (Å²) in [6.07, 6.45) is -4.42. The van der Waals surface area contributed by atoms with Crippen molar-refractivity contribution in [2.24, 2.45) is 0 Å². The predicted octanol–water partition coefficient (Wildman–Crippen LogP) is 4.55. The summed E-state index contributed by atoms with van der Waals surface area (Å²) in [5.41, 5.74) is -0.331. The first kappa shape index (κ1) is 14.9. The lowest BCUT2D eigenvalue weighted by molar-refractivity contribution is -0.137. The van der Waals surface area contributed by atoms with Gasteiger partial charge in [0.1, 0.15) is 11.5 Å². The van der Waals surface area contributed by atoms with E-state index in [1.54, 1.807) is 18.2 Å². The van der Waals surface area contributed by atoms with Gasteiger partial charge in [0.05, 0.1) is 12.2 Å². The number of halogens is 4. The zero-order chi connectivity index (χ0) is 14.8. The van der Waals surface area contributed by atoms with Crippen LogP contribution in [0.15, 0.2) is 40.9 Å². The van der Waals surface area contributed by atoms with Gasteiger partial charge in [-0.2, -0.15) is 13.2 Å². The summed E-state index contributed by atoms with van der Waals surface area (Å²) < 4.78 is 43.4. The molecule has 105 valence electrons. The van der Waals surface area contributed by atoms with Crippen LogP contribution in [0.3, 0.4) is 0 Å². The molecule has 0 aliphatic heterocycles. The molecule has 0 unspecified atom stereocenters. The Morgan fingerprint density at radius 3 is 2.50 bits per heavy atom. The van der Waals surface area contributed by atoms with Crippen LogP contribution in [0, 0.1) is 6.07 Å². The topological polar surface area (TPSA) is 29.5 Å². The van der Waals surface area contributed by atoms with Gasteiger partial charge in [-0.25, -0.2) is 0 Å². The molecular formula is C14H9BrF3O2. The van der Waals surface area contributed by atoms with Crippen LogP contribution in [0.1, 0.15) is 11.1 Å². The standard InChI is InChI=1S/C14H9BrF3O2/c15-11-3-6-13(9(7-11)8-19)20-12-4-1-10(2-5-12)14(16,17)18/h1,3-7,19H,8H2. The SMILES string of the molecule is OCc1cc(Br)ccc1Oc1c[c]c(C(F)(F)F)cc1. The van der Waals surface area contributed by atoms with Crippen LogP contribution in [0.25, 0.3) is 0 Å². The number of rotatable bonds is 3. The molecule has 2 aromatic carbocycles. The molecule has 0 aliphatic rings. The predicted molar refractivity (Wildman–Crippen MR) is 70.4 cm³/mol. The van der Waals surface area contributed by atoms with E-state index < -0.39 is 11.7 Å². The fourth-order valence-corrected chi connectivity index (χ4v) is 1.96. The Balaban J connectivity index is 2.22. The number of aliphatic hydroxyl groups is 1. The molecule has 0 aliphatic carbocycles. The van der Waals surface area contributed by atoms with Crippen molar-refractivity contribution in [2.45, 2.75) is 12.8 Å². The zero-order valence-electron chi connectivity index (χ0n) is 10.0. The summed E-state index contributed by atoms with van der Waals surface area (Å²) >= 11 is 3.26. The Morgan fingerprint density at radius 2 is 1.95 bits per heavy atom. The van der Waals surface area contributed by atoms with Gasteiger partial charge in [-0.1, -0.05) is 15.9 Å². The van der Waals surface area contributed by atoms with E-state index in [0.29, 0.717) is 11.3 Å². The quantitative estimate of drug-likeness (QED) is 0.883. The molecule has 1 N–H and O–H groups in total. The number of hydrogen-bond acceptors (Lipinski definition) is 2. The lowest BCUT2D eigenvalue weighted by Gasteiger charge is -2.11. The Kier molecular flexibility index (Phi) is 4.35. The summed E-state index contributed by atoms with van der Waals surface area (Å²) in [4.78, 5) is 0. The maximum atomic E-state index is 12.4. The van der Waals surface area contributed by atoms with Crippen molar-refractivity contribution < 1.29 is 23.0 Å². The van der Waals surface area contributed by atoms with Gasteiger partial charge in [0.15, 0.2) is 0 Å². The first-order valence-corrected chi connectivity index (χ1v) is 6.35. The Labute approximate surface area is 121 Å². The van der Waals surface area contributed by atoms with E-state index in [9.17, 15) is 18.3 Å². The third kappa shape index (κ3) is 3.52. The highest BCUT2D eigenvalue weighted by atomic mass is 79.9. The summed E-state index contributed by atoms with van der Waals surface area (Å²) in [7, 11) is 0. The van der Waals surface area contributed by atoms with Crippen LogP contribution in [0.2, 0.25) is 0 Å². The Hall–Kier alpha value is -1.53. The minimum absolute atomic E-state index is 0.218. The number of aliphatic hydroxyl groups excluding tert-OH is 1. The van der Waals surface area contributed by atoms with Gasteiger partial charge < -0.3 is 9.84 Å². The average Bonchev–Trinajstić information content (AvgIpc) is 2.40. The molecule has 0 heterocycles. The van der Waals surface area contributed by atoms with E-state index in [-0.39, 0.29) is 12.4 Å². The monoisotopic (exact) mass is 345 g/mol. The van der Waals surface area contributed by atoms with Gasteiger partial charge in [-0.15, -0.1) is 0 Å². The number of alkyl halides is 3. The summed E-state index contributed by atoms with van der Waals surface area (Å²) in [5, 5.41) is 9.21. The molecule has 0 bridgehead atoms. The van der Waals surface area contributed by atoms with E-state index in [1.807, 2.05) is 0 Å². The third-order valence-corrected chi connectivity index (χ3v) is 3.00. The molecule has 2 nitrogen and oxygen atoms in total. The molecule has 2 rings (SSSR count). The smallest absolute Gasteiger partial charge is 0.417 e. The van der Waals surface area contributed by atoms with Crippen molar-refractivity contribution in [2.75, 3.05) is 0 Å². The highest BCUT2D eigenvalue weighted by Crippen LogP contribution is 2.32. The van der Waals surface area contributed by atoms with Gasteiger partial charge >= 0.3 is 6.18 Å². The fraction of sp³-hybridized carbons (Fsp3) is 0.143. The summed E-state index contributed by atoms with van der Waals surface area (Å²) in [6.45, 7) is -0.237. The molecule has 0 saturated heterocycles. The van der Waals surface area contributed by atoms with Crippen molar-refractivity contribution in [1.82, 2.24) is 0 Å². The van der Waals surface area contributed by atoms with Crippen LogP contribution in [0.4, 0.5) is 13.2 Å². The summed E-state index contributed by atoms with van der Waals surface area (Å²) in [6, 6.07) is 10.3. The van der Waals surface area contributed by atoms with Crippen molar-refractivity contribution in [3.05, 3.63) is 58.1 Å². The first-order chi connectivity index (χ1) is 9.40. The Bertz CT molecular complexity index is 594. The third-order valence-electron chi connectivity index (χ3n) is 2.51. The maximum Gasteiger partial charge on any atom is 0.417 e. The molecule has 1 radical (unpaired) electrons. The molecule has 0 saturated carbocycles. The second-order valence-corrected chi connectivity index (χ2v) is 4.86. The van der Waals surface area contributed by atoms with Gasteiger partial charge in [0, 0.05) is 10.0 Å². The molecule has 0 spiro atoms. The highest BCUT2D eigenvalue weighted by molar-refractivity contribution is 9.10. The molecule has 20 heavy (non-hydrogen) atoms. The number of hydrogen-bond donors (Lipinski definition) is 1. The normalized spacial score (nSPS) is 11.4. The minimum atomic E-state index is -4.42. The fourth-order valence-electron chi connectivity index (χ4n) is 1.55. The van der Waals surface area contributed by atoms with E-state index in [2.05, 4.69) is 22.0 Å². The molecule has 0 atom stereocenters. The second kappa shape index (κ2) is 5.85. The van der Waals surface area contributed by atoms with Crippen LogP contribution in [-0.2, 0) is 12.8 Å². The van der Waals surface area contributed by atoms with E-state index in [1.165, 1.54) is 6.07 Å². The van der Waals surface area contributed by atoms with Gasteiger partial charge in [0.25, 0.3) is 0 Å². The van der Waals surface area contributed by atoms with Crippen molar-refractivity contribution in [3.8, 4) is 11.5 Å². The molecule has 0 aromatic heterocycles.